The zero-order valence-corrected chi connectivity index (χ0v) is 11.8. The van der Waals surface area contributed by atoms with E-state index in [1.807, 2.05) is 38.4 Å². The predicted octanol–water partition coefficient (Wildman–Crippen LogP) is 1.03. The number of nitriles is 1. The fourth-order valence-corrected chi connectivity index (χ4v) is 1.61. The van der Waals surface area contributed by atoms with Crippen LogP contribution in [0.1, 0.15) is 5.56 Å². The van der Waals surface area contributed by atoms with Crippen molar-refractivity contribution < 1.29 is 0 Å². The van der Waals surface area contributed by atoms with Crippen LogP contribution in [0.5, 0.6) is 0 Å². The summed E-state index contributed by atoms with van der Waals surface area (Å²) in [5, 5.41) is 11.7. The van der Waals surface area contributed by atoms with Crippen LogP contribution in [-0.2, 0) is 6.42 Å². The lowest BCUT2D eigenvalue weighted by molar-refractivity contribution is 0.957. The zero-order valence-electron chi connectivity index (χ0n) is 11.8. The van der Waals surface area contributed by atoms with Crippen molar-refractivity contribution in [1.82, 2.24) is 15.0 Å². The molecular formula is C13H16N8. The van der Waals surface area contributed by atoms with Gasteiger partial charge in [-0.1, -0.05) is 12.1 Å². The second-order valence-corrected chi connectivity index (χ2v) is 4.48. The number of anilines is 4. The molecule has 0 amide bonds. The van der Waals surface area contributed by atoms with E-state index in [-0.39, 0.29) is 5.95 Å². The maximum atomic E-state index is 8.65. The molecule has 0 spiro atoms. The Morgan fingerprint density at radius 1 is 1.14 bits per heavy atom. The number of nitrogens with one attached hydrogen (secondary N) is 2. The number of hydrogen-bond donors (Lipinski definition) is 3. The topological polar surface area (TPSA) is 116 Å². The number of nitrogens with zero attached hydrogens (tertiary/aromatic N) is 5. The Hall–Kier alpha value is -2.92. The van der Waals surface area contributed by atoms with Gasteiger partial charge in [-0.15, -0.1) is 0 Å². The van der Waals surface area contributed by atoms with Crippen molar-refractivity contribution in [3.05, 3.63) is 29.8 Å². The Balaban J connectivity index is 2.22. The van der Waals surface area contributed by atoms with Gasteiger partial charge in [0.2, 0.25) is 17.8 Å². The summed E-state index contributed by atoms with van der Waals surface area (Å²) in [7, 11) is 3.66. The Morgan fingerprint density at radius 3 is 2.38 bits per heavy atom. The van der Waals surface area contributed by atoms with Gasteiger partial charge in [0.15, 0.2) is 0 Å². The van der Waals surface area contributed by atoms with E-state index in [1.165, 1.54) is 0 Å². The number of benzene rings is 1. The minimum atomic E-state index is 0.275. The van der Waals surface area contributed by atoms with Crippen molar-refractivity contribution in [3.8, 4) is 6.07 Å². The van der Waals surface area contributed by atoms with Crippen LogP contribution in [0.15, 0.2) is 24.3 Å². The number of hydrazine groups is 1. The van der Waals surface area contributed by atoms with Gasteiger partial charge < -0.3 is 10.2 Å². The van der Waals surface area contributed by atoms with Crippen LogP contribution >= 0.6 is 0 Å². The predicted molar refractivity (Wildman–Crippen MR) is 81.0 cm³/mol. The van der Waals surface area contributed by atoms with Gasteiger partial charge in [-0.05, 0) is 17.7 Å². The molecular weight excluding hydrogens is 268 g/mol. The standard InChI is InChI=1S/C13H16N8/c1-21(2)13-18-11(17-12(19-13)20-15)16-10-5-3-9(4-6-10)7-8-14/h3-6H,7,15H2,1-2H3,(H2,16,17,18,19,20). The van der Waals surface area contributed by atoms with Gasteiger partial charge >= 0.3 is 0 Å². The molecule has 1 aromatic carbocycles. The summed E-state index contributed by atoms with van der Waals surface area (Å²) in [5.74, 6) is 6.50. The number of nitrogen functional groups attached to an aromatic ring is 1. The molecule has 8 heteroatoms. The second-order valence-electron chi connectivity index (χ2n) is 4.48. The molecule has 0 bridgehead atoms. The van der Waals surface area contributed by atoms with E-state index in [4.69, 9.17) is 11.1 Å². The summed E-state index contributed by atoms with van der Waals surface area (Å²) >= 11 is 0. The van der Waals surface area contributed by atoms with Gasteiger partial charge in [-0.2, -0.15) is 20.2 Å². The van der Waals surface area contributed by atoms with Crippen molar-refractivity contribution in [1.29, 1.82) is 5.26 Å². The lowest BCUT2D eigenvalue weighted by Crippen LogP contribution is -2.18. The van der Waals surface area contributed by atoms with Crippen molar-refractivity contribution in [3.63, 3.8) is 0 Å². The van der Waals surface area contributed by atoms with Gasteiger partial charge in [0, 0.05) is 19.8 Å². The first-order chi connectivity index (χ1) is 10.1. The van der Waals surface area contributed by atoms with Gasteiger partial charge in [0.1, 0.15) is 0 Å². The van der Waals surface area contributed by atoms with Crippen molar-refractivity contribution in [2.45, 2.75) is 6.42 Å². The van der Waals surface area contributed by atoms with Crippen LogP contribution in [0.3, 0.4) is 0 Å². The average Bonchev–Trinajstić information content (AvgIpc) is 2.49. The van der Waals surface area contributed by atoms with Gasteiger partial charge in [0.25, 0.3) is 0 Å². The van der Waals surface area contributed by atoms with Crippen LogP contribution < -0.4 is 21.5 Å². The molecule has 4 N–H and O–H groups in total. The highest BCUT2D eigenvalue weighted by Crippen LogP contribution is 2.17. The lowest BCUT2D eigenvalue weighted by atomic mass is 10.1. The molecule has 21 heavy (non-hydrogen) atoms. The van der Waals surface area contributed by atoms with E-state index in [9.17, 15) is 0 Å². The first-order valence-electron chi connectivity index (χ1n) is 6.25. The Morgan fingerprint density at radius 2 is 1.81 bits per heavy atom. The quantitative estimate of drug-likeness (QED) is 0.551. The van der Waals surface area contributed by atoms with Crippen LogP contribution in [-0.4, -0.2) is 29.0 Å². The van der Waals surface area contributed by atoms with Gasteiger partial charge in [0.05, 0.1) is 12.5 Å². The molecule has 0 aliphatic rings. The van der Waals surface area contributed by atoms with Crippen LogP contribution in [0.4, 0.5) is 23.5 Å². The molecule has 1 aromatic heterocycles. The summed E-state index contributed by atoms with van der Waals surface area (Å²) in [5.41, 5.74) is 4.18. The first kappa shape index (κ1) is 14.5. The third-order valence-corrected chi connectivity index (χ3v) is 2.65. The van der Waals surface area contributed by atoms with E-state index in [1.54, 1.807) is 4.90 Å². The lowest BCUT2D eigenvalue weighted by Gasteiger charge is -2.13. The minimum Gasteiger partial charge on any atom is -0.347 e. The van der Waals surface area contributed by atoms with Gasteiger partial charge in [-0.25, -0.2) is 5.84 Å². The third-order valence-electron chi connectivity index (χ3n) is 2.65. The normalized spacial score (nSPS) is 9.81. The highest BCUT2D eigenvalue weighted by atomic mass is 15.4. The third kappa shape index (κ3) is 3.77. The summed E-state index contributed by atoms with van der Waals surface area (Å²) in [6.45, 7) is 0. The van der Waals surface area contributed by atoms with Gasteiger partial charge in [-0.3, -0.25) is 5.43 Å². The first-order valence-corrected chi connectivity index (χ1v) is 6.25. The van der Waals surface area contributed by atoms with E-state index >= 15 is 0 Å². The van der Waals surface area contributed by atoms with E-state index < -0.39 is 0 Å². The summed E-state index contributed by atoms with van der Waals surface area (Å²) in [6.07, 6.45) is 0.387. The molecule has 108 valence electrons. The molecule has 0 fully saturated rings. The SMILES string of the molecule is CN(C)c1nc(NN)nc(Nc2ccc(CC#N)cc2)n1. The smallest absolute Gasteiger partial charge is 0.243 e. The number of nitrogens with two attached hydrogens (primary N) is 1. The van der Waals surface area contributed by atoms with Crippen molar-refractivity contribution in [2.24, 2.45) is 5.84 Å². The summed E-state index contributed by atoms with van der Waals surface area (Å²) in [4.78, 5) is 14.3. The molecule has 8 nitrogen and oxygen atoms in total. The fourth-order valence-electron chi connectivity index (χ4n) is 1.61. The molecule has 1 heterocycles. The van der Waals surface area contributed by atoms with E-state index in [2.05, 4.69) is 31.8 Å². The van der Waals surface area contributed by atoms with Crippen molar-refractivity contribution in [2.75, 3.05) is 29.7 Å². The van der Waals surface area contributed by atoms with Crippen LogP contribution in [0, 0.1) is 11.3 Å². The molecule has 0 unspecified atom stereocenters. The molecule has 0 saturated carbocycles. The number of hydrogen-bond acceptors (Lipinski definition) is 8. The Kier molecular flexibility index (Phi) is 4.48. The highest BCUT2D eigenvalue weighted by Gasteiger charge is 2.07. The Bertz CT molecular complexity index is 644. The monoisotopic (exact) mass is 284 g/mol. The molecule has 2 aromatic rings. The molecule has 2 rings (SSSR count). The Labute approximate surface area is 122 Å². The highest BCUT2D eigenvalue weighted by molar-refractivity contribution is 5.56. The molecule has 0 radical (unpaired) electrons. The fraction of sp³-hybridized carbons (Fsp3) is 0.231. The maximum Gasteiger partial charge on any atom is 0.243 e. The van der Waals surface area contributed by atoms with E-state index in [0.29, 0.717) is 18.3 Å². The van der Waals surface area contributed by atoms with Crippen LogP contribution in [0.25, 0.3) is 0 Å². The van der Waals surface area contributed by atoms with E-state index in [0.717, 1.165) is 11.3 Å². The average molecular weight is 284 g/mol. The zero-order chi connectivity index (χ0) is 15.2. The minimum absolute atomic E-state index is 0.275. The summed E-state index contributed by atoms with van der Waals surface area (Å²) in [6, 6.07) is 9.59. The molecule has 0 saturated heterocycles. The molecule has 0 aliphatic heterocycles. The number of rotatable bonds is 5. The maximum absolute atomic E-state index is 8.65. The molecule has 0 atom stereocenters. The van der Waals surface area contributed by atoms with Crippen molar-refractivity contribution >= 4 is 23.5 Å². The number of aromatic nitrogens is 3. The second kappa shape index (κ2) is 6.49. The summed E-state index contributed by atoms with van der Waals surface area (Å²) < 4.78 is 0. The largest absolute Gasteiger partial charge is 0.347 e. The molecule has 0 aliphatic carbocycles. The van der Waals surface area contributed by atoms with Crippen LogP contribution in [0.2, 0.25) is 0 Å².